The van der Waals surface area contributed by atoms with Gasteiger partial charge in [0.15, 0.2) is 0 Å². The maximum atomic E-state index is 12.4. The summed E-state index contributed by atoms with van der Waals surface area (Å²) in [6, 6.07) is 9.36. The summed E-state index contributed by atoms with van der Waals surface area (Å²) in [5.74, 6) is -0.0730. The molecule has 2 rings (SSSR count). The number of amides is 1. The molecule has 5 heteroatoms. The highest BCUT2D eigenvalue weighted by atomic mass is 16.2. The number of aromatic amines is 1. The smallest absolute Gasteiger partial charge is 0.257 e. The minimum atomic E-state index is -0.0730. The number of rotatable bonds is 3. The molecular weight excluding hydrogens is 252 g/mol. The second-order valence-electron chi connectivity index (χ2n) is 4.78. The van der Waals surface area contributed by atoms with Crippen molar-refractivity contribution >= 4 is 5.91 Å². The molecule has 0 saturated carbocycles. The van der Waals surface area contributed by atoms with Gasteiger partial charge in [-0.25, -0.2) is 0 Å². The van der Waals surface area contributed by atoms with Gasteiger partial charge in [-0.1, -0.05) is 12.1 Å². The van der Waals surface area contributed by atoms with Crippen LogP contribution in [0.5, 0.6) is 0 Å². The Morgan fingerprint density at radius 2 is 2.20 bits per heavy atom. The summed E-state index contributed by atoms with van der Waals surface area (Å²) in [5, 5.41) is 15.7. The lowest BCUT2D eigenvalue weighted by Gasteiger charge is -2.17. The first-order chi connectivity index (χ1) is 9.52. The Morgan fingerprint density at radius 1 is 1.45 bits per heavy atom. The molecule has 0 unspecified atom stereocenters. The van der Waals surface area contributed by atoms with E-state index < -0.39 is 0 Å². The fraction of sp³-hybridized carbons (Fsp3) is 0.267. The van der Waals surface area contributed by atoms with Gasteiger partial charge in [-0.2, -0.15) is 10.4 Å². The van der Waals surface area contributed by atoms with Crippen LogP contribution in [0.15, 0.2) is 24.3 Å². The van der Waals surface area contributed by atoms with Crippen LogP contribution in [-0.4, -0.2) is 28.1 Å². The van der Waals surface area contributed by atoms with Crippen LogP contribution in [0, 0.1) is 25.2 Å². The Labute approximate surface area is 117 Å². The van der Waals surface area contributed by atoms with E-state index in [1.54, 1.807) is 31.0 Å². The molecule has 1 N–H and O–H groups in total. The van der Waals surface area contributed by atoms with Crippen LogP contribution in [0.3, 0.4) is 0 Å². The highest BCUT2D eigenvalue weighted by Gasteiger charge is 2.19. The number of hydrogen-bond acceptors (Lipinski definition) is 3. The third kappa shape index (κ3) is 2.69. The lowest BCUT2D eigenvalue weighted by molar-refractivity contribution is 0.0783. The molecule has 0 aliphatic heterocycles. The first-order valence-corrected chi connectivity index (χ1v) is 6.29. The first kappa shape index (κ1) is 13.8. The average molecular weight is 268 g/mol. The summed E-state index contributed by atoms with van der Waals surface area (Å²) in [4.78, 5) is 14.0. The number of benzene rings is 1. The lowest BCUT2D eigenvalue weighted by Crippen LogP contribution is -2.27. The lowest BCUT2D eigenvalue weighted by atomic mass is 10.1. The molecule has 0 spiro atoms. The molecule has 20 heavy (non-hydrogen) atoms. The van der Waals surface area contributed by atoms with Crippen molar-refractivity contribution in [3.8, 4) is 6.07 Å². The Bertz CT molecular complexity index is 662. The van der Waals surface area contributed by atoms with Gasteiger partial charge in [0.2, 0.25) is 0 Å². The molecule has 0 saturated heterocycles. The highest BCUT2D eigenvalue weighted by molar-refractivity contribution is 5.96. The van der Waals surface area contributed by atoms with Crippen LogP contribution in [0.25, 0.3) is 0 Å². The fourth-order valence-corrected chi connectivity index (χ4v) is 2.14. The topological polar surface area (TPSA) is 72.8 Å². The predicted molar refractivity (Wildman–Crippen MR) is 75.0 cm³/mol. The average Bonchev–Trinajstić information content (AvgIpc) is 2.77. The third-order valence-corrected chi connectivity index (χ3v) is 3.16. The molecule has 5 nitrogen and oxygen atoms in total. The van der Waals surface area contributed by atoms with E-state index in [1.807, 2.05) is 19.1 Å². The molecule has 0 atom stereocenters. The highest BCUT2D eigenvalue weighted by Crippen LogP contribution is 2.14. The maximum absolute atomic E-state index is 12.4. The van der Waals surface area contributed by atoms with Gasteiger partial charge in [0.25, 0.3) is 5.91 Å². The Morgan fingerprint density at radius 3 is 2.80 bits per heavy atom. The zero-order valence-corrected chi connectivity index (χ0v) is 11.8. The first-order valence-electron chi connectivity index (χ1n) is 6.29. The van der Waals surface area contributed by atoms with Crippen molar-refractivity contribution in [2.45, 2.75) is 20.4 Å². The van der Waals surface area contributed by atoms with E-state index in [2.05, 4.69) is 16.3 Å². The Balaban J connectivity index is 2.18. The summed E-state index contributed by atoms with van der Waals surface area (Å²) >= 11 is 0. The SMILES string of the molecule is Cc1n[nH]c(C)c1C(=O)N(C)Cc1cccc(C#N)c1. The van der Waals surface area contributed by atoms with Crippen molar-refractivity contribution in [2.24, 2.45) is 0 Å². The number of aryl methyl sites for hydroxylation is 2. The molecule has 1 aromatic carbocycles. The van der Waals surface area contributed by atoms with E-state index in [9.17, 15) is 4.79 Å². The van der Waals surface area contributed by atoms with Crippen LogP contribution < -0.4 is 0 Å². The molecule has 0 bridgehead atoms. The molecule has 1 heterocycles. The zero-order valence-electron chi connectivity index (χ0n) is 11.8. The molecule has 0 radical (unpaired) electrons. The predicted octanol–water partition coefficient (Wildman–Crippen LogP) is 2.17. The standard InChI is InChI=1S/C15H16N4O/c1-10-14(11(2)18-17-10)15(20)19(3)9-13-6-4-5-12(7-13)8-16/h4-7H,9H2,1-3H3,(H,17,18). The molecular formula is C15H16N4O. The molecule has 0 aliphatic rings. The van der Waals surface area contributed by atoms with E-state index in [0.29, 0.717) is 23.4 Å². The van der Waals surface area contributed by atoms with Gasteiger partial charge in [0.05, 0.1) is 22.9 Å². The fourth-order valence-electron chi connectivity index (χ4n) is 2.14. The molecule has 0 fully saturated rings. The van der Waals surface area contributed by atoms with E-state index in [1.165, 1.54) is 0 Å². The largest absolute Gasteiger partial charge is 0.337 e. The van der Waals surface area contributed by atoms with Crippen LogP contribution in [0.1, 0.15) is 32.9 Å². The zero-order chi connectivity index (χ0) is 14.7. The summed E-state index contributed by atoms with van der Waals surface area (Å²) < 4.78 is 0. The number of nitrogens with one attached hydrogen (secondary N) is 1. The Kier molecular flexibility index (Phi) is 3.85. The van der Waals surface area contributed by atoms with E-state index in [-0.39, 0.29) is 5.91 Å². The van der Waals surface area contributed by atoms with E-state index in [0.717, 1.165) is 11.3 Å². The molecule has 2 aromatic rings. The van der Waals surface area contributed by atoms with Crippen molar-refractivity contribution in [1.82, 2.24) is 15.1 Å². The van der Waals surface area contributed by atoms with Gasteiger partial charge >= 0.3 is 0 Å². The van der Waals surface area contributed by atoms with E-state index >= 15 is 0 Å². The maximum Gasteiger partial charge on any atom is 0.257 e. The van der Waals surface area contributed by atoms with Crippen molar-refractivity contribution in [3.05, 3.63) is 52.3 Å². The summed E-state index contributed by atoms with van der Waals surface area (Å²) in [6.45, 7) is 4.09. The van der Waals surface area contributed by atoms with Crippen LogP contribution in [0.2, 0.25) is 0 Å². The van der Waals surface area contributed by atoms with Gasteiger partial charge in [0, 0.05) is 19.3 Å². The Hall–Kier alpha value is -2.61. The minimum Gasteiger partial charge on any atom is -0.337 e. The van der Waals surface area contributed by atoms with Crippen molar-refractivity contribution in [1.29, 1.82) is 5.26 Å². The molecule has 1 aromatic heterocycles. The number of carbonyl (C=O) groups is 1. The van der Waals surface area contributed by atoms with Gasteiger partial charge in [0.1, 0.15) is 0 Å². The van der Waals surface area contributed by atoms with Crippen molar-refractivity contribution < 1.29 is 4.79 Å². The molecule has 102 valence electrons. The number of carbonyl (C=O) groups excluding carboxylic acids is 1. The quantitative estimate of drug-likeness (QED) is 0.927. The second-order valence-corrected chi connectivity index (χ2v) is 4.78. The summed E-state index contributed by atoms with van der Waals surface area (Å²) in [6.07, 6.45) is 0. The molecule has 0 aliphatic carbocycles. The minimum absolute atomic E-state index is 0.0730. The number of hydrogen-bond donors (Lipinski definition) is 1. The normalized spacial score (nSPS) is 10.1. The van der Waals surface area contributed by atoms with Gasteiger partial charge in [-0.3, -0.25) is 9.89 Å². The van der Waals surface area contributed by atoms with Gasteiger partial charge < -0.3 is 4.90 Å². The number of nitrogens with zero attached hydrogens (tertiary/aromatic N) is 3. The summed E-state index contributed by atoms with van der Waals surface area (Å²) in [5.41, 5.74) is 3.61. The van der Waals surface area contributed by atoms with Crippen molar-refractivity contribution in [3.63, 3.8) is 0 Å². The van der Waals surface area contributed by atoms with Crippen LogP contribution in [0.4, 0.5) is 0 Å². The molecule has 1 amide bonds. The van der Waals surface area contributed by atoms with Gasteiger partial charge in [-0.05, 0) is 31.5 Å². The van der Waals surface area contributed by atoms with Crippen LogP contribution >= 0.6 is 0 Å². The van der Waals surface area contributed by atoms with Crippen LogP contribution in [-0.2, 0) is 6.54 Å². The number of nitriles is 1. The van der Waals surface area contributed by atoms with Crippen molar-refractivity contribution in [2.75, 3.05) is 7.05 Å². The summed E-state index contributed by atoms with van der Waals surface area (Å²) in [7, 11) is 1.74. The third-order valence-electron chi connectivity index (χ3n) is 3.16. The number of H-pyrrole nitrogens is 1. The number of aromatic nitrogens is 2. The monoisotopic (exact) mass is 268 g/mol. The second kappa shape index (κ2) is 5.57. The van der Waals surface area contributed by atoms with E-state index in [4.69, 9.17) is 5.26 Å². The van der Waals surface area contributed by atoms with Gasteiger partial charge in [-0.15, -0.1) is 0 Å².